The van der Waals surface area contributed by atoms with Gasteiger partial charge in [0, 0.05) is 18.2 Å². The maximum absolute atomic E-state index is 11.2. The fourth-order valence-corrected chi connectivity index (χ4v) is 3.57. The van der Waals surface area contributed by atoms with E-state index in [1.807, 2.05) is 36.4 Å². The number of nitrogens with zero attached hydrogens (tertiary/aromatic N) is 1. The summed E-state index contributed by atoms with van der Waals surface area (Å²) in [6.45, 7) is 1.98. The Morgan fingerprint density at radius 3 is 2.44 bits per heavy atom. The van der Waals surface area contributed by atoms with E-state index in [2.05, 4.69) is 17.0 Å². The lowest BCUT2D eigenvalue weighted by atomic mass is 10.00. The summed E-state index contributed by atoms with van der Waals surface area (Å²) in [5.41, 5.74) is 8.45. The van der Waals surface area contributed by atoms with E-state index in [0.717, 1.165) is 18.8 Å². The number of primary amides is 1. The van der Waals surface area contributed by atoms with Gasteiger partial charge >= 0.3 is 0 Å². The molecule has 4 nitrogen and oxygen atoms in total. The average molecular weight is 338 g/mol. The zero-order valence-corrected chi connectivity index (χ0v) is 14.8. The maximum Gasteiger partial charge on any atom is 0.248 e. The van der Waals surface area contributed by atoms with Gasteiger partial charge in [-0.05, 0) is 54.8 Å². The Kier molecular flexibility index (Phi) is 5.71. The molecule has 3 rings (SSSR count). The van der Waals surface area contributed by atoms with Crippen LogP contribution in [0.5, 0.6) is 5.75 Å². The van der Waals surface area contributed by atoms with Gasteiger partial charge in [0.05, 0.1) is 7.11 Å². The van der Waals surface area contributed by atoms with Crippen molar-refractivity contribution >= 4 is 5.91 Å². The molecule has 1 aliphatic heterocycles. The third-order valence-corrected chi connectivity index (χ3v) is 4.99. The Bertz CT molecular complexity index is 695. The molecule has 25 heavy (non-hydrogen) atoms. The third-order valence-electron chi connectivity index (χ3n) is 4.99. The number of carbonyl (C=O) groups excluding carboxylic acids is 1. The van der Waals surface area contributed by atoms with Gasteiger partial charge in [0.15, 0.2) is 0 Å². The Hall–Kier alpha value is -2.33. The second-order valence-electron chi connectivity index (χ2n) is 6.67. The minimum absolute atomic E-state index is 0.377. The van der Waals surface area contributed by atoms with Gasteiger partial charge in [-0.25, -0.2) is 0 Å². The van der Waals surface area contributed by atoms with Crippen molar-refractivity contribution in [1.29, 1.82) is 0 Å². The highest BCUT2D eigenvalue weighted by atomic mass is 16.5. The fourth-order valence-electron chi connectivity index (χ4n) is 3.57. The minimum Gasteiger partial charge on any atom is -0.497 e. The Balaban J connectivity index is 1.78. The quantitative estimate of drug-likeness (QED) is 0.899. The summed E-state index contributed by atoms with van der Waals surface area (Å²) in [5, 5.41) is 0. The van der Waals surface area contributed by atoms with Crippen molar-refractivity contribution in [3.63, 3.8) is 0 Å². The number of carbonyl (C=O) groups is 1. The van der Waals surface area contributed by atoms with Gasteiger partial charge in [-0.3, -0.25) is 9.69 Å². The van der Waals surface area contributed by atoms with Crippen molar-refractivity contribution in [3.05, 3.63) is 65.2 Å². The van der Waals surface area contributed by atoms with Crippen LogP contribution in [0.3, 0.4) is 0 Å². The number of ether oxygens (including phenoxy) is 1. The van der Waals surface area contributed by atoms with Crippen LogP contribution in [-0.2, 0) is 6.54 Å². The largest absolute Gasteiger partial charge is 0.497 e. The van der Waals surface area contributed by atoms with Crippen molar-refractivity contribution < 1.29 is 9.53 Å². The Morgan fingerprint density at radius 1 is 1.08 bits per heavy atom. The molecule has 132 valence electrons. The second kappa shape index (κ2) is 8.17. The molecule has 1 aliphatic rings. The van der Waals surface area contributed by atoms with Gasteiger partial charge in [-0.1, -0.05) is 37.1 Å². The highest BCUT2D eigenvalue weighted by Gasteiger charge is 2.22. The number of amides is 1. The highest BCUT2D eigenvalue weighted by Crippen LogP contribution is 2.32. The lowest BCUT2D eigenvalue weighted by Gasteiger charge is -2.30. The minimum atomic E-state index is -0.377. The Morgan fingerprint density at radius 2 is 1.80 bits per heavy atom. The summed E-state index contributed by atoms with van der Waals surface area (Å²) in [6, 6.07) is 16.5. The van der Waals surface area contributed by atoms with Crippen LogP contribution in [-0.4, -0.2) is 24.5 Å². The predicted molar refractivity (Wildman–Crippen MR) is 99.6 cm³/mol. The first-order valence-electron chi connectivity index (χ1n) is 8.94. The van der Waals surface area contributed by atoms with Crippen molar-refractivity contribution in [2.75, 3.05) is 13.7 Å². The molecule has 1 heterocycles. The molecule has 1 amide bonds. The highest BCUT2D eigenvalue weighted by molar-refractivity contribution is 5.92. The standard InChI is InChI=1S/C21H26N2O2/c1-25-19-12-10-17(11-13-19)20-5-3-2-4-14-23(20)15-16-6-8-18(9-7-16)21(22)24/h6-13,20H,2-5,14-15H2,1H3,(H2,22,24)/t20-/m0/s1. The zero-order valence-electron chi connectivity index (χ0n) is 14.8. The molecule has 1 atom stereocenters. The first-order valence-corrected chi connectivity index (χ1v) is 8.94. The van der Waals surface area contributed by atoms with E-state index in [1.54, 1.807) is 7.11 Å². The lowest BCUT2D eigenvalue weighted by Crippen LogP contribution is -2.28. The first-order chi connectivity index (χ1) is 12.2. The molecule has 0 aromatic heterocycles. The van der Waals surface area contributed by atoms with Gasteiger partial charge in [0.2, 0.25) is 5.91 Å². The molecular formula is C21H26N2O2. The number of nitrogens with two attached hydrogens (primary N) is 1. The maximum atomic E-state index is 11.2. The molecule has 0 unspecified atom stereocenters. The summed E-state index contributed by atoms with van der Waals surface area (Å²) in [7, 11) is 1.70. The molecule has 2 aromatic carbocycles. The van der Waals surface area contributed by atoms with Gasteiger partial charge in [0.1, 0.15) is 5.75 Å². The van der Waals surface area contributed by atoms with Gasteiger partial charge in [-0.2, -0.15) is 0 Å². The monoisotopic (exact) mass is 338 g/mol. The Labute approximate surface area is 149 Å². The third kappa shape index (κ3) is 4.40. The van der Waals surface area contributed by atoms with Crippen molar-refractivity contribution in [3.8, 4) is 5.75 Å². The van der Waals surface area contributed by atoms with Crippen LogP contribution < -0.4 is 10.5 Å². The summed E-state index contributed by atoms with van der Waals surface area (Å²) < 4.78 is 5.28. The van der Waals surface area contributed by atoms with E-state index < -0.39 is 0 Å². The number of benzene rings is 2. The molecule has 0 aliphatic carbocycles. The summed E-state index contributed by atoms with van der Waals surface area (Å²) >= 11 is 0. The summed E-state index contributed by atoms with van der Waals surface area (Å²) in [5.74, 6) is 0.517. The fraction of sp³-hybridized carbons (Fsp3) is 0.381. The number of likely N-dealkylation sites (tertiary alicyclic amines) is 1. The van der Waals surface area contributed by atoms with Crippen molar-refractivity contribution in [2.24, 2.45) is 5.73 Å². The zero-order chi connectivity index (χ0) is 17.6. The first kappa shape index (κ1) is 17.5. The SMILES string of the molecule is COc1ccc([C@@H]2CCCCCN2Cc2ccc(C(N)=O)cc2)cc1. The number of hydrogen-bond acceptors (Lipinski definition) is 3. The van der Waals surface area contributed by atoms with Crippen molar-refractivity contribution in [2.45, 2.75) is 38.3 Å². The van der Waals surface area contributed by atoms with Crippen LogP contribution in [0.25, 0.3) is 0 Å². The molecular weight excluding hydrogens is 312 g/mol. The van der Waals surface area contributed by atoms with E-state index in [9.17, 15) is 4.79 Å². The van der Waals surface area contributed by atoms with Gasteiger partial charge < -0.3 is 10.5 Å². The number of methoxy groups -OCH3 is 1. The number of hydrogen-bond donors (Lipinski definition) is 1. The second-order valence-corrected chi connectivity index (χ2v) is 6.67. The van der Waals surface area contributed by atoms with E-state index >= 15 is 0 Å². The van der Waals surface area contributed by atoms with E-state index in [1.165, 1.54) is 36.8 Å². The molecule has 0 bridgehead atoms. The van der Waals surface area contributed by atoms with Crippen LogP contribution >= 0.6 is 0 Å². The number of rotatable bonds is 5. The smallest absolute Gasteiger partial charge is 0.248 e. The van der Waals surface area contributed by atoms with Crippen molar-refractivity contribution in [1.82, 2.24) is 4.90 Å². The van der Waals surface area contributed by atoms with E-state index in [-0.39, 0.29) is 5.91 Å². The topological polar surface area (TPSA) is 55.6 Å². The predicted octanol–water partition coefficient (Wildman–Crippen LogP) is 3.91. The molecule has 0 radical (unpaired) electrons. The molecule has 4 heteroatoms. The van der Waals surface area contributed by atoms with Gasteiger partial charge in [-0.15, -0.1) is 0 Å². The lowest BCUT2D eigenvalue weighted by molar-refractivity contribution is 0.1000. The van der Waals surface area contributed by atoms with Crippen LogP contribution in [0.2, 0.25) is 0 Å². The summed E-state index contributed by atoms with van der Waals surface area (Å²) in [6.07, 6.45) is 4.94. The van der Waals surface area contributed by atoms with Crippen LogP contribution in [0, 0.1) is 0 Å². The van der Waals surface area contributed by atoms with Crippen LogP contribution in [0.1, 0.15) is 53.2 Å². The molecule has 2 aromatic rings. The molecule has 1 fully saturated rings. The molecule has 0 spiro atoms. The van der Waals surface area contributed by atoms with Crippen LogP contribution in [0.4, 0.5) is 0 Å². The van der Waals surface area contributed by atoms with E-state index in [0.29, 0.717) is 11.6 Å². The summed E-state index contributed by atoms with van der Waals surface area (Å²) in [4.78, 5) is 13.8. The van der Waals surface area contributed by atoms with E-state index in [4.69, 9.17) is 10.5 Å². The molecule has 0 saturated carbocycles. The van der Waals surface area contributed by atoms with Gasteiger partial charge in [0.25, 0.3) is 0 Å². The van der Waals surface area contributed by atoms with Crippen LogP contribution in [0.15, 0.2) is 48.5 Å². The normalized spacial score (nSPS) is 18.5. The molecule has 1 saturated heterocycles. The molecule has 2 N–H and O–H groups in total. The average Bonchev–Trinajstić information content (AvgIpc) is 2.88.